The highest BCUT2D eigenvalue weighted by atomic mass is 32.2. The molecule has 8 heteroatoms. The first-order valence-electron chi connectivity index (χ1n) is 6.78. The van der Waals surface area contributed by atoms with Crippen molar-refractivity contribution in [2.75, 3.05) is 14.1 Å². The molecular formula is C13H24N4O3S. The van der Waals surface area contributed by atoms with Crippen LogP contribution in [-0.2, 0) is 14.8 Å². The highest BCUT2D eigenvalue weighted by Gasteiger charge is 2.29. The molecule has 0 aromatic carbocycles. The molecule has 0 radical (unpaired) electrons. The fourth-order valence-electron chi connectivity index (χ4n) is 2.27. The van der Waals surface area contributed by atoms with Gasteiger partial charge < -0.3 is 4.90 Å². The van der Waals surface area contributed by atoms with Gasteiger partial charge in [-0.15, -0.1) is 0 Å². The molecule has 0 saturated heterocycles. The Bertz CT molecular complexity index is 632. The molecule has 0 unspecified atom stereocenters. The van der Waals surface area contributed by atoms with E-state index in [2.05, 4.69) is 9.82 Å². The Kier molecular flexibility index (Phi) is 5.16. The molecule has 1 amide bonds. The van der Waals surface area contributed by atoms with Crippen LogP contribution in [0.1, 0.15) is 38.2 Å². The zero-order valence-corrected chi connectivity index (χ0v) is 14.4. The lowest BCUT2D eigenvalue weighted by atomic mass is 10.3. The summed E-state index contributed by atoms with van der Waals surface area (Å²) in [5, 5.41) is 4.27. The predicted octanol–water partition coefficient (Wildman–Crippen LogP) is 0.836. The molecule has 1 rings (SSSR count). The first kappa shape index (κ1) is 17.6. The van der Waals surface area contributed by atoms with Crippen LogP contribution in [0, 0.1) is 13.8 Å². The minimum Gasteiger partial charge on any atom is -0.347 e. The van der Waals surface area contributed by atoms with Crippen molar-refractivity contribution in [3.05, 3.63) is 11.4 Å². The number of aromatic nitrogens is 2. The lowest BCUT2D eigenvalue weighted by molar-refractivity contribution is -0.130. The Balaban J connectivity index is 3.18. The van der Waals surface area contributed by atoms with Crippen LogP contribution in [0.5, 0.6) is 0 Å². The molecule has 0 fully saturated rings. The predicted molar refractivity (Wildman–Crippen MR) is 80.6 cm³/mol. The number of rotatable bonds is 5. The van der Waals surface area contributed by atoms with Gasteiger partial charge in [-0.1, -0.05) is 0 Å². The minimum atomic E-state index is -3.79. The average Bonchev–Trinajstić information content (AvgIpc) is 2.63. The normalized spacial score (nSPS) is 13.5. The minimum absolute atomic E-state index is 0.0634. The van der Waals surface area contributed by atoms with Crippen molar-refractivity contribution < 1.29 is 13.2 Å². The number of hydrogen-bond donors (Lipinski definition) is 1. The van der Waals surface area contributed by atoms with Gasteiger partial charge in [0, 0.05) is 20.1 Å². The number of hydrogen-bond acceptors (Lipinski definition) is 4. The lowest BCUT2D eigenvalue weighted by Crippen LogP contribution is -2.44. The standard InChI is InChI=1S/C13H24N4O3S/c1-8(2)17-11(5)12(9(3)14-17)21(19,20)15-10(4)13(18)16(6)7/h8,10,15H,1-7H3/t10-/m0/s1. The number of nitrogens with zero attached hydrogens (tertiary/aromatic N) is 3. The Labute approximate surface area is 126 Å². The van der Waals surface area contributed by atoms with Crippen molar-refractivity contribution >= 4 is 15.9 Å². The Hall–Kier alpha value is -1.41. The molecule has 1 N–H and O–H groups in total. The van der Waals surface area contributed by atoms with Gasteiger partial charge in [0.15, 0.2) is 0 Å². The summed E-state index contributed by atoms with van der Waals surface area (Å²) in [5.74, 6) is -0.301. The van der Waals surface area contributed by atoms with E-state index in [1.54, 1.807) is 32.6 Å². The van der Waals surface area contributed by atoms with E-state index in [0.29, 0.717) is 11.4 Å². The monoisotopic (exact) mass is 316 g/mol. The number of carbonyl (C=O) groups excluding carboxylic acids is 1. The molecule has 0 bridgehead atoms. The van der Waals surface area contributed by atoms with Crippen LogP contribution in [0.25, 0.3) is 0 Å². The molecule has 0 spiro atoms. The Morgan fingerprint density at radius 3 is 2.14 bits per heavy atom. The maximum atomic E-state index is 12.5. The molecular weight excluding hydrogens is 292 g/mol. The topological polar surface area (TPSA) is 84.3 Å². The summed E-state index contributed by atoms with van der Waals surface area (Å²) in [4.78, 5) is 13.3. The van der Waals surface area contributed by atoms with Crippen LogP contribution in [0.15, 0.2) is 4.90 Å². The number of amides is 1. The number of carbonyl (C=O) groups is 1. The first-order valence-corrected chi connectivity index (χ1v) is 8.26. The highest BCUT2D eigenvalue weighted by Crippen LogP contribution is 2.22. The molecule has 21 heavy (non-hydrogen) atoms. The number of nitrogens with one attached hydrogen (secondary N) is 1. The van der Waals surface area contributed by atoms with E-state index in [0.717, 1.165) is 0 Å². The summed E-state index contributed by atoms with van der Waals surface area (Å²) in [6.45, 7) is 8.76. The third-order valence-corrected chi connectivity index (χ3v) is 4.95. The van der Waals surface area contributed by atoms with E-state index in [9.17, 15) is 13.2 Å². The SMILES string of the molecule is Cc1nn(C(C)C)c(C)c1S(=O)(=O)N[C@@H](C)C(=O)N(C)C. The largest absolute Gasteiger partial charge is 0.347 e. The smallest absolute Gasteiger partial charge is 0.244 e. The van der Waals surface area contributed by atoms with Gasteiger partial charge >= 0.3 is 0 Å². The fourth-order valence-corrected chi connectivity index (χ4v) is 3.87. The molecule has 0 saturated carbocycles. The van der Waals surface area contributed by atoms with Gasteiger partial charge in [0.05, 0.1) is 17.4 Å². The van der Waals surface area contributed by atoms with Crippen molar-refractivity contribution in [1.82, 2.24) is 19.4 Å². The van der Waals surface area contributed by atoms with Gasteiger partial charge in [-0.2, -0.15) is 9.82 Å². The third-order valence-electron chi connectivity index (χ3n) is 3.16. The van der Waals surface area contributed by atoms with Gasteiger partial charge in [-0.05, 0) is 34.6 Å². The van der Waals surface area contributed by atoms with Crippen LogP contribution in [0.3, 0.4) is 0 Å². The Morgan fingerprint density at radius 1 is 1.24 bits per heavy atom. The van der Waals surface area contributed by atoms with E-state index in [1.807, 2.05) is 13.8 Å². The highest BCUT2D eigenvalue weighted by molar-refractivity contribution is 7.89. The summed E-state index contributed by atoms with van der Waals surface area (Å²) >= 11 is 0. The van der Waals surface area contributed by atoms with Crippen molar-refractivity contribution in [2.24, 2.45) is 0 Å². The number of aryl methyl sites for hydroxylation is 1. The fraction of sp³-hybridized carbons (Fsp3) is 0.692. The second kappa shape index (κ2) is 6.15. The van der Waals surface area contributed by atoms with Crippen molar-refractivity contribution in [1.29, 1.82) is 0 Å². The first-order chi connectivity index (χ1) is 9.49. The molecule has 0 aliphatic heterocycles. The summed E-state index contributed by atoms with van der Waals surface area (Å²) < 4.78 is 29.1. The second-order valence-electron chi connectivity index (χ2n) is 5.61. The van der Waals surface area contributed by atoms with Crippen molar-refractivity contribution in [2.45, 2.75) is 51.6 Å². The van der Waals surface area contributed by atoms with Crippen LogP contribution in [-0.4, -0.2) is 49.1 Å². The quantitative estimate of drug-likeness (QED) is 0.872. The van der Waals surface area contributed by atoms with Crippen LogP contribution >= 0.6 is 0 Å². The van der Waals surface area contributed by atoms with Crippen molar-refractivity contribution in [3.8, 4) is 0 Å². The average molecular weight is 316 g/mol. The molecule has 0 aliphatic rings. The van der Waals surface area contributed by atoms with E-state index in [1.165, 1.54) is 11.8 Å². The van der Waals surface area contributed by atoms with Gasteiger partial charge in [0.1, 0.15) is 4.90 Å². The number of likely N-dealkylation sites (N-methyl/N-ethyl adjacent to an activating group) is 1. The third kappa shape index (κ3) is 3.62. The summed E-state index contributed by atoms with van der Waals surface area (Å²) in [5.41, 5.74) is 0.998. The van der Waals surface area contributed by atoms with Crippen molar-refractivity contribution in [3.63, 3.8) is 0 Å². The van der Waals surface area contributed by atoms with Crippen LogP contribution < -0.4 is 4.72 Å². The zero-order chi connectivity index (χ0) is 16.5. The molecule has 120 valence electrons. The summed E-state index contributed by atoms with van der Waals surface area (Å²) in [6, 6.07) is -0.764. The maximum absolute atomic E-state index is 12.5. The lowest BCUT2D eigenvalue weighted by Gasteiger charge is -2.18. The van der Waals surface area contributed by atoms with Crippen LogP contribution in [0.2, 0.25) is 0 Å². The van der Waals surface area contributed by atoms with Gasteiger partial charge in [0.2, 0.25) is 15.9 Å². The van der Waals surface area contributed by atoms with Crippen LogP contribution in [0.4, 0.5) is 0 Å². The molecule has 1 atom stereocenters. The van der Waals surface area contributed by atoms with Gasteiger partial charge in [-0.3, -0.25) is 9.48 Å². The Morgan fingerprint density at radius 2 is 1.76 bits per heavy atom. The van der Waals surface area contributed by atoms with Gasteiger partial charge in [0.25, 0.3) is 0 Å². The molecule has 0 aliphatic carbocycles. The van der Waals surface area contributed by atoms with E-state index in [-0.39, 0.29) is 16.8 Å². The van der Waals surface area contributed by atoms with E-state index < -0.39 is 16.1 Å². The van der Waals surface area contributed by atoms with Gasteiger partial charge in [-0.25, -0.2) is 8.42 Å². The summed E-state index contributed by atoms with van der Waals surface area (Å²) in [7, 11) is -0.625. The maximum Gasteiger partial charge on any atom is 0.244 e. The molecule has 1 aromatic heterocycles. The molecule has 1 heterocycles. The zero-order valence-electron chi connectivity index (χ0n) is 13.6. The molecule has 1 aromatic rings. The number of sulfonamides is 1. The second-order valence-corrected chi connectivity index (χ2v) is 7.26. The van der Waals surface area contributed by atoms with E-state index in [4.69, 9.17) is 0 Å². The summed E-state index contributed by atoms with van der Waals surface area (Å²) in [6.07, 6.45) is 0. The molecule has 7 nitrogen and oxygen atoms in total. The van der Waals surface area contributed by atoms with E-state index >= 15 is 0 Å².